The number of hydrogen-bond acceptors (Lipinski definition) is 3. The molecule has 5 aliphatic carbocycles. The minimum Gasteiger partial charge on any atom is -0.478 e. The molecule has 9 atom stereocenters. The molecule has 5 aliphatic rings. The standard InChI is InChI=1S/C44H58N2O3/c1-28(2)32-17-23-44(39(49)46-27-20-31-10-8-9-26-45-31)25-24-42(6)34(37(32)44)15-16-36-41(5)21-18-33(29-11-13-30(14-12-29)38(47)48)40(3,4)35(41)19-22-43(36,42)7/h8-14,18,26,32,34-37H,1,15-17,19-25,27H2,2-7H3,(H,46,49)(H,47,48)/t32-,34?,35?,36?,37?,41-,42+,43+,44-/m0/s1. The lowest BCUT2D eigenvalue weighted by Crippen LogP contribution is -2.66. The summed E-state index contributed by atoms with van der Waals surface area (Å²) in [6.07, 6.45) is 15.2. The molecular formula is C44H58N2O3. The van der Waals surface area contributed by atoms with E-state index in [-0.39, 0.29) is 33.0 Å². The molecule has 1 aromatic carbocycles. The third-order valence-corrected chi connectivity index (χ3v) is 15.9. The van der Waals surface area contributed by atoms with Gasteiger partial charge in [0.2, 0.25) is 5.91 Å². The zero-order valence-electron chi connectivity index (χ0n) is 30.8. The van der Waals surface area contributed by atoms with Crippen molar-refractivity contribution in [2.24, 2.45) is 56.7 Å². The Hall–Kier alpha value is -3.21. The summed E-state index contributed by atoms with van der Waals surface area (Å²) in [5.74, 6) is 1.86. The maximum Gasteiger partial charge on any atom is 0.335 e. The van der Waals surface area contributed by atoms with Gasteiger partial charge in [0.05, 0.1) is 11.0 Å². The quantitative estimate of drug-likeness (QED) is 0.289. The van der Waals surface area contributed by atoms with E-state index in [0.29, 0.717) is 41.7 Å². The van der Waals surface area contributed by atoms with Gasteiger partial charge in [-0.15, -0.1) is 0 Å². The van der Waals surface area contributed by atoms with Crippen LogP contribution in [0.1, 0.15) is 121 Å². The normalized spacial score (nSPS) is 39.0. The summed E-state index contributed by atoms with van der Waals surface area (Å²) in [7, 11) is 0. The monoisotopic (exact) mass is 662 g/mol. The van der Waals surface area contributed by atoms with Gasteiger partial charge in [0, 0.05) is 24.9 Å². The fourth-order valence-corrected chi connectivity index (χ4v) is 13.5. The summed E-state index contributed by atoms with van der Waals surface area (Å²) in [6.45, 7) is 20.2. The molecule has 1 amide bonds. The van der Waals surface area contributed by atoms with E-state index in [4.69, 9.17) is 0 Å². The van der Waals surface area contributed by atoms with Crippen LogP contribution in [0.15, 0.2) is 66.9 Å². The molecule has 5 heteroatoms. The van der Waals surface area contributed by atoms with Crippen molar-refractivity contribution >= 4 is 17.4 Å². The van der Waals surface area contributed by atoms with Crippen molar-refractivity contribution in [2.45, 2.75) is 106 Å². The molecule has 2 aromatic rings. The topological polar surface area (TPSA) is 79.3 Å². The van der Waals surface area contributed by atoms with Gasteiger partial charge in [0.15, 0.2) is 0 Å². The molecule has 1 heterocycles. The number of hydrogen-bond donors (Lipinski definition) is 2. The summed E-state index contributed by atoms with van der Waals surface area (Å²) in [4.78, 5) is 30.4. The van der Waals surface area contributed by atoms with Gasteiger partial charge in [-0.25, -0.2) is 4.79 Å². The molecule has 0 radical (unpaired) electrons. The molecule has 0 aliphatic heterocycles. The van der Waals surface area contributed by atoms with Crippen LogP contribution in [-0.2, 0) is 11.2 Å². The van der Waals surface area contributed by atoms with Crippen molar-refractivity contribution in [3.8, 4) is 0 Å². The lowest BCUT2D eigenvalue weighted by molar-refractivity contribution is -0.225. The van der Waals surface area contributed by atoms with E-state index in [9.17, 15) is 14.7 Å². The molecule has 262 valence electrons. The van der Waals surface area contributed by atoms with E-state index < -0.39 is 5.97 Å². The maximum atomic E-state index is 14.4. The van der Waals surface area contributed by atoms with E-state index in [1.54, 1.807) is 12.1 Å². The molecule has 7 rings (SSSR count). The summed E-state index contributed by atoms with van der Waals surface area (Å²) in [6, 6.07) is 13.6. The van der Waals surface area contributed by atoms with Crippen LogP contribution >= 0.6 is 0 Å². The van der Waals surface area contributed by atoms with E-state index in [1.165, 1.54) is 36.8 Å². The predicted octanol–water partition coefficient (Wildman–Crippen LogP) is 9.79. The summed E-state index contributed by atoms with van der Waals surface area (Å²) < 4.78 is 0. The number of pyridine rings is 1. The van der Waals surface area contributed by atoms with Crippen LogP contribution in [0, 0.1) is 56.7 Å². The molecule has 4 saturated carbocycles. The first-order chi connectivity index (χ1) is 23.2. The number of fused-ring (bicyclic) bond motifs is 7. The van der Waals surface area contributed by atoms with Crippen LogP contribution in [0.4, 0.5) is 0 Å². The Morgan fingerprint density at radius 3 is 2.33 bits per heavy atom. The van der Waals surface area contributed by atoms with Gasteiger partial charge in [-0.1, -0.05) is 71.0 Å². The molecule has 5 nitrogen and oxygen atoms in total. The first kappa shape index (κ1) is 34.2. The average Bonchev–Trinajstić information content (AvgIpc) is 3.47. The number of carbonyl (C=O) groups is 2. The smallest absolute Gasteiger partial charge is 0.335 e. The lowest BCUT2D eigenvalue weighted by atomic mass is 9.32. The molecule has 1 aromatic heterocycles. The second-order valence-electron chi connectivity index (χ2n) is 18.1. The molecular weight excluding hydrogens is 604 g/mol. The Balaban J connectivity index is 1.18. The van der Waals surface area contributed by atoms with Crippen molar-refractivity contribution < 1.29 is 14.7 Å². The fraction of sp³-hybridized carbons (Fsp3) is 0.614. The first-order valence-corrected chi connectivity index (χ1v) is 19.1. The number of benzene rings is 1. The van der Waals surface area contributed by atoms with Crippen LogP contribution in [-0.4, -0.2) is 28.5 Å². The number of aromatic nitrogens is 1. The average molecular weight is 663 g/mol. The summed E-state index contributed by atoms with van der Waals surface area (Å²) in [5, 5.41) is 12.9. The van der Waals surface area contributed by atoms with Gasteiger partial charge in [-0.2, -0.15) is 0 Å². The number of aromatic carboxylic acids is 1. The highest BCUT2D eigenvalue weighted by atomic mass is 16.4. The van der Waals surface area contributed by atoms with Crippen molar-refractivity contribution in [2.75, 3.05) is 6.54 Å². The van der Waals surface area contributed by atoms with Crippen LogP contribution < -0.4 is 5.32 Å². The number of nitrogens with zero attached hydrogens (tertiary/aromatic N) is 1. The van der Waals surface area contributed by atoms with E-state index in [1.807, 2.05) is 36.5 Å². The largest absolute Gasteiger partial charge is 0.478 e. The Morgan fingerprint density at radius 2 is 1.65 bits per heavy atom. The van der Waals surface area contributed by atoms with Crippen LogP contribution in [0.5, 0.6) is 0 Å². The molecule has 2 N–H and O–H groups in total. The van der Waals surface area contributed by atoms with Gasteiger partial charge in [0.25, 0.3) is 0 Å². The zero-order chi connectivity index (χ0) is 35.0. The minimum absolute atomic E-state index is 0.0115. The zero-order valence-corrected chi connectivity index (χ0v) is 30.8. The Morgan fingerprint density at radius 1 is 0.898 bits per heavy atom. The summed E-state index contributed by atoms with van der Waals surface area (Å²) >= 11 is 0. The summed E-state index contributed by atoms with van der Waals surface area (Å²) in [5.41, 5.74) is 5.43. The molecule has 4 unspecified atom stereocenters. The predicted molar refractivity (Wildman–Crippen MR) is 197 cm³/mol. The van der Waals surface area contributed by atoms with Crippen LogP contribution in [0.2, 0.25) is 0 Å². The molecule has 0 bridgehead atoms. The molecule has 49 heavy (non-hydrogen) atoms. The van der Waals surface area contributed by atoms with Gasteiger partial charge < -0.3 is 10.4 Å². The maximum absolute atomic E-state index is 14.4. The minimum atomic E-state index is -0.875. The van der Waals surface area contributed by atoms with Gasteiger partial charge in [-0.05, 0) is 151 Å². The number of carbonyl (C=O) groups excluding carboxylic acids is 1. The highest BCUT2D eigenvalue weighted by molar-refractivity contribution is 5.88. The lowest BCUT2D eigenvalue weighted by Gasteiger charge is -2.72. The van der Waals surface area contributed by atoms with Gasteiger partial charge in [-0.3, -0.25) is 9.78 Å². The number of rotatable bonds is 7. The van der Waals surface area contributed by atoms with Gasteiger partial charge in [0.1, 0.15) is 0 Å². The second-order valence-corrected chi connectivity index (χ2v) is 18.1. The van der Waals surface area contributed by atoms with Crippen molar-refractivity contribution in [3.63, 3.8) is 0 Å². The highest BCUT2D eigenvalue weighted by Gasteiger charge is 2.71. The number of carboxylic acid groups (broad SMARTS) is 1. The number of nitrogens with one attached hydrogen (secondary N) is 1. The molecule has 0 spiro atoms. The Labute approximate surface area is 294 Å². The number of carboxylic acids is 1. The molecule has 0 saturated heterocycles. The van der Waals surface area contributed by atoms with E-state index >= 15 is 0 Å². The molecule has 4 fully saturated rings. The Bertz CT molecular complexity index is 1660. The van der Waals surface area contributed by atoms with Crippen LogP contribution in [0.3, 0.4) is 0 Å². The van der Waals surface area contributed by atoms with Crippen molar-refractivity contribution in [1.82, 2.24) is 10.3 Å². The van der Waals surface area contributed by atoms with E-state index in [2.05, 4.69) is 64.5 Å². The number of amides is 1. The third kappa shape index (κ3) is 5.02. The second kappa shape index (κ2) is 11.9. The highest BCUT2D eigenvalue weighted by Crippen LogP contribution is 2.77. The Kier molecular flexibility index (Phi) is 8.35. The fourth-order valence-electron chi connectivity index (χ4n) is 13.5. The first-order valence-electron chi connectivity index (χ1n) is 19.1. The van der Waals surface area contributed by atoms with E-state index in [0.717, 1.165) is 49.8 Å². The van der Waals surface area contributed by atoms with Gasteiger partial charge >= 0.3 is 5.97 Å². The van der Waals surface area contributed by atoms with Crippen molar-refractivity contribution in [1.29, 1.82) is 0 Å². The van der Waals surface area contributed by atoms with Crippen LogP contribution in [0.25, 0.3) is 5.57 Å². The van der Waals surface area contributed by atoms with Crippen molar-refractivity contribution in [3.05, 3.63) is 83.7 Å². The third-order valence-electron chi connectivity index (χ3n) is 15.9. The SMILES string of the molecule is C=C(C)[C@@H]1CC[C@]2(C(=O)NCCc3ccccn3)CC[C@]3(C)C(CCC4[C@@]5(C)CC=C(c6ccc(C(=O)O)cc6)C(C)(C)C5CC[C@]43C)C12. The number of allylic oxidation sites excluding steroid dienone is 3.